The van der Waals surface area contributed by atoms with Crippen molar-refractivity contribution in [2.75, 3.05) is 57.4 Å². The Morgan fingerprint density at radius 2 is 1.92 bits per heavy atom. The minimum Gasteiger partial charge on any atom is -0.487 e. The van der Waals surface area contributed by atoms with E-state index in [9.17, 15) is 22.8 Å². The first-order valence-corrected chi connectivity index (χ1v) is 13.1. The number of halogens is 3. The van der Waals surface area contributed by atoms with Gasteiger partial charge in [-0.15, -0.1) is 0 Å². The third kappa shape index (κ3) is 4.87. The summed E-state index contributed by atoms with van der Waals surface area (Å²) >= 11 is 0. The maximum Gasteiger partial charge on any atom is 0.418 e. The van der Waals surface area contributed by atoms with Gasteiger partial charge in [0.1, 0.15) is 24.1 Å². The van der Waals surface area contributed by atoms with Crippen molar-refractivity contribution < 1.29 is 37.0 Å². The third-order valence-electron chi connectivity index (χ3n) is 8.31. The summed E-state index contributed by atoms with van der Waals surface area (Å²) in [5.41, 5.74) is -0.896. The highest BCUT2D eigenvalue weighted by atomic mass is 19.4. The van der Waals surface area contributed by atoms with E-state index < -0.39 is 11.7 Å². The van der Waals surface area contributed by atoms with Crippen LogP contribution in [0.2, 0.25) is 0 Å². The van der Waals surface area contributed by atoms with Crippen LogP contribution < -0.4 is 9.64 Å². The Kier molecular flexibility index (Phi) is 6.26. The van der Waals surface area contributed by atoms with E-state index in [2.05, 4.69) is 0 Å². The van der Waals surface area contributed by atoms with Gasteiger partial charge in [0.25, 0.3) is 0 Å². The van der Waals surface area contributed by atoms with Gasteiger partial charge in [-0.3, -0.25) is 4.79 Å². The lowest BCUT2D eigenvalue weighted by Gasteiger charge is -2.53. The quantitative estimate of drug-likeness (QED) is 0.606. The molecule has 0 aromatic heterocycles. The zero-order valence-electron chi connectivity index (χ0n) is 20.7. The van der Waals surface area contributed by atoms with Crippen molar-refractivity contribution in [3.63, 3.8) is 0 Å². The van der Waals surface area contributed by atoms with Crippen molar-refractivity contribution in [1.29, 1.82) is 0 Å². The number of likely N-dealkylation sites (tertiary alicyclic amines) is 2. The van der Waals surface area contributed by atoms with Crippen molar-refractivity contribution in [3.05, 3.63) is 23.8 Å². The van der Waals surface area contributed by atoms with Gasteiger partial charge >= 0.3 is 12.2 Å². The number of ether oxygens (including phenoxy) is 3. The lowest BCUT2D eigenvalue weighted by atomic mass is 9.85. The summed E-state index contributed by atoms with van der Waals surface area (Å²) in [6.07, 6.45) is -0.656. The van der Waals surface area contributed by atoms with Crippen LogP contribution in [-0.4, -0.2) is 91.9 Å². The molecule has 2 atom stereocenters. The number of fused-ring (bicyclic) bond motifs is 1. The third-order valence-corrected chi connectivity index (χ3v) is 8.31. The lowest BCUT2D eigenvalue weighted by Crippen LogP contribution is -2.64. The van der Waals surface area contributed by atoms with E-state index in [-0.39, 0.29) is 47.8 Å². The van der Waals surface area contributed by atoms with Gasteiger partial charge in [-0.25, -0.2) is 4.79 Å². The van der Waals surface area contributed by atoms with Gasteiger partial charge in [0.2, 0.25) is 0 Å². The van der Waals surface area contributed by atoms with E-state index in [1.54, 1.807) is 14.7 Å². The highest BCUT2D eigenvalue weighted by Crippen LogP contribution is 2.44. The van der Waals surface area contributed by atoms with Crippen LogP contribution in [0.1, 0.15) is 37.7 Å². The average molecular weight is 524 g/mol. The van der Waals surface area contributed by atoms with Gasteiger partial charge in [-0.1, -0.05) is 0 Å². The van der Waals surface area contributed by atoms with Crippen LogP contribution in [-0.2, 0) is 20.4 Å². The van der Waals surface area contributed by atoms with Crippen LogP contribution in [0, 0.1) is 5.92 Å². The number of urea groups is 1. The summed E-state index contributed by atoms with van der Waals surface area (Å²) in [4.78, 5) is 29.9. The van der Waals surface area contributed by atoms with Crippen molar-refractivity contribution in [1.82, 2.24) is 9.80 Å². The second-order valence-corrected chi connectivity index (χ2v) is 11.0. The standard InChI is InChI=1S/C26H32F3N3O5/c27-26(28,29)21-4-3-19(10-22(21)32-15-25(16-32)6-1-2-8-36-25)37-20-12-31(13-20)24(34)30-7-5-23-17(11-30)9-18(33)14-35-23/h3-4,10,17,20,23H,1-2,5-9,11-16H2/t17-,23+/m1/s1. The highest BCUT2D eigenvalue weighted by molar-refractivity contribution is 5.81. The van der Waals surface area contributed by atoms with Gasteiger partial charge in [0, 0.05) is 51.2 Å². The fourth-order valence-electron chi connectivity index (χ4n) is 6.28. The molecule has 0 unspecified atom stereocenters. The Morgan fingerprint density at radius 1 is 1.11 bits per heavy atom. The fourth-order valence-corrected chi connectivity index (χ4v) is 6.28. The molecule has 8 nitrogen and oxygen atoms in total. The molecular weight excluding hydrogens is 491 g/mol. The van der Waals surface area contributed by atoms with Crippen LogP contribution in [0.25, 0.3) is 0 Å². The molecule has 5 fully saturated rings. The van der Waals surface area contributed by atoms with E-state index >= 15 is 0 Å². The SMILES string of the molecule is O=C1CO[C@H]2CCN(C(=O)N3CC(Oc4ccc(C(F)(F)F)c(N5CC6(CCCCO6)C5)c4)C3)C[C@H]2C1. The predicted molar refractivity (Wildman–Crippen MR) is 127 cm³/mol. The number of benzene rings is 1. The van der Waals surface area contributed by atoms with E-state index in [1.807, 2.05) is 0 Å². The van der Waals surface area contributed by atoms with E-state index in [0.717, 1.165) is 25.3 Å². The fraction of sp³-hybridized carbons (Fsp3) is 0.692. The number of hydrogen-bond acceptors (Lipinski definition) is 6. The first-order valence-electron chi connectivity index (χ1n) is 13.1. The summed E-state index contributed by atoms with van der Waals surface area (Å²) < 4.78 is 58.7. The number of amides is 2. The molecule has 0 saturated carbocycles. The molecule has 5 aliphatic heterocycles. The summed E-state index contributed by atoms with van der Waals surface area (Å²) in [5, 5.41) is 0. The van der Waals surface area contributed by atoms with Gasteiger partial charge in [-0.05, 0) is 37.8 Å². The number of Topliss-reactive ketones (excluding diaryl/α,β-unsaturated/α-hetero) is 1. The zero-order valence-corrected chi connectivity index (χ0v) is 20.7. The Balaban J connectivity index is 1.06. The largest absolute Gasteiger partial charge is 0.487 e. The molecule has 5 saturated heterocycles. The molecule has 1 spiro atoms. The molecular formula is C26H32F3N3O5. The molecule has 37 heavy (non-hydrogen) atoms. The number of hydrogen-bond donors (Lipinski definition) is 0. The molecule has 2 amide bonds. The van der Waals surface area contributed by atoms with Crippen LogP contribution in [0.5, 0.6) is 5.75 Å². The number of piperidine rings is 1. The summed E-state index contributed by atoms with van der Waals surface area (Å²) in [5.74, 6) is 0.477. The number of carbonyl (C=O) groups is 2. The number of alkyl halides is 3. The minimum atomic E-state index is -4.47. The van der Waals surface area contributed by atoms with Crippen LogP contribution in [0.4, 0.5) is 23.7 Å². The number of rotatable bonds is 3. The predicted octanol–water partition coefficient (Wildman–Crippen LogP) is 3.33. The average Bonchev–Trinajstić information content (AvgIpc) is 2.83. The van der Waals surface area contributed by atoms with E-state index in [0.29, 0.717) is 64.5 Å². The minimum absolute atomic E-state index is 0.0362. The van der Waals surface area contributed by atoms with Gasteiger partial charge in [0.15, 0.2) is 5.78 Å². The number of ketones is 1. The Morgan fingerprint density at radius 3 is 2.65 bits per heavy atom. The van der Waals surface area contributed by atoms with Crippen molar-refractivity contribution in [3.8, 4) is 5.75 Å². The second kappa shape index (κ2) is 9.34. The number of nitrogens with zero attached hydrogens (tertiary/aromatic N) is 3. The molecule has 6 rings (SSSR count). The van der Waals surface area contributed by atoms with Crippen LogP contribution in [0.3, 0.4) is 0 Å². The molecule has 11 heteroatoms. The van der Waals surface area contributed by atoms with E-state index in [1.165, 1.54) is 12.1 Å². The lowest BCUT2D eigenvalue weighted by molar-refractivity contribution is -0.140. The first-order chi connectivity index (χ1) is 17.7. The van der Waals surface area contributed by atoms with Crippen LogP contribution in [0.15, 0.2) is 18.2 Å². The number of anilines is 1. The molecule has 5 heterocycles. The molecule has 0 radical (unpaired) electrons. The number of carbonyl (C=O) groups excluding carboxylic acids is 2. The Bertz CT molecular complexity index is 1050. The Hall–Kier alpha value is -2.53. The summed E-state index contributed by atoms with van der Waals surface area (Å²) in [7, 11) is 0. The molecule has 0 aliphatic carbocycles. The maximum absolute atomic E-state index is 13.7. The van der Waals surface area contributed by atoms with Crippen molar-refractivity contribution >= 4 is 17.5 Å². The Labute approximate surface area is 213 Å². The molecule has 1 aromatic carbocycles. The maximum atomic E-state index is 13.7. The van der Waals surface area contributed by atoms with Gasteiger partial charge < -0.3 is 28.9 Å². The topological polar surface area (TPSA) is 71.5 Å². The van der Waals surface area contributed by atoms with Gasteiger partial charge in [0.05, 0.1) is 30.4 Å². The van der Waals surface area contributed by atoms with E-state index in [4.69, 9.17) is 14.2 Å². The van der Waals surface area contributed by atoms with Crippen molar-refractivity contribution in [2.24, 2.45) is 5.92 Å². The molecule has 0 N–H and O–H groups in total. The molecule has 5 aliphatic rings. The monoisotopic (exact) mass is 523 g/mol. The molecule has 1 aromatic rings. The summed E-state index contributed by atoms with van der Waals surface area (Å²) in [6.45, 7) is 3.54. The van der Waals surface area contributed by atoms with Crippen LogP contribution >= 0.6 is 0 Å². The highest BCUT2D eigenvalue weighted by Gasteiger charge is 2.48. The smallest absolute Gasteiger partial charge is 0.418 e. The zero-order chi connectivity index (χ0) is 25.8. The molecule has 0 bridgehead atoms. The molecule has 202 valence electrons. The first kappa shape index (κ1) is 24.8. The van der Waals surface area contributed by atoms with Gasteiger partial charge in [-0.2, -0.15) is 13.2 Å². The second-order valence-electron chi connectivity index (χ2n) is 11.0. The summed E-state index contributed by atoms with van der Waals surface area (Å²) in [6, 6.07) is 3.81. The normalized spacial score (nSPS) is 28.0. The van der Waals surface area contributed by atoms with Crippen molar-refractivity contribution in [2.45, 2.75) is 56.1 Å².